The Bertz CT molecular complexity index is 1680. The van der Waals surface area contributed by atoms with Gasteiger partial charge in [-0.3, -0.25) is 13.9 Å². The number of hydrogen-bond acceptors (Lipinski definition) is 5. The SMILES string of the molecule is CCNC(=O)[C@H](Cc1ccccc1)N(Cc1cccc(Br)c1)C(=O)CN(c1ccc(OCC)cc1)S(=O)(=O)c1ccc(C)cc1. The van der Waals surface area contributed by atoms with Crippen LogP contribution in [0.3, 0.4) is 0 Å². The van der Waals surface area contributed by atoms with Crippen LogP contribution in [0.5, 0.6) is 5.75 Å². The average Bonchev–Trinajstić information content (AvgIpc) is 3.03. The second-order valence-corrected chi connectivity index (χ2v) is 13.3. The minimum atomic E-state index is -4.18. The summed E-state index contributed by atoms with van der Waals surface area (Å²) < 4.78 is 35.8. The number of ether oxygens (including phenoxy) is 1. The van der Waals surface area contributed by atoms with Crippen molar-refractivity contribution in [3.63, 3.8) is 0 Å². The van der Waals surface area contributed by atoms with E-state index in [0.717, 1.165) is 25.5 Å². The van der Waals surface area contributed by atoms with E-state index >= 15 is 0 Å². The molecular weight excluding hydrogens is 654 g/mol. The van der Waals surface area contributed by atoms with Gasteiger partial charge < -0.3 is 15.0 Å². The number of aryl methyl sites for hydroxylation is 1. The van der Waals surface area contributed by atoms with Gasteiger partial charge in [0.05, 0.1) is 17.2 Å². The number of carbonyl (C=O) groups is 2. The number of anilines is 1. The van der Waals surface area contributed by atoms with Crippen molar-refractivity contribution in [2.45, 2.75) is 44.7 Å². The zero-order chi connectivity index (χ0) is 32.4. The summed E-state index contributed by atoms with van der Waals surface area (Å²) in [4.78, 5) is 29.6. The number of hydrogen-bond donors (Lipinski definition) is 1. The highest BCUT2D eigenvalue weighted by molar-refractivity contribution is 9.10. The fourth-order valence-corrected chi connectivity index (χ4v) is 6.78. The number of carbonyl (C=O) groups excluding carboxylic acids is 2. The van der Waals surface area contributed by atoms with Gasteiger partial charge in [-0.15, -0.1) is 0 Å². The van der Waals surface area contributed by atoms with Crippen molar-refractivity contribution < 1.29 is 22.7 Å². The first-order valence-corrected chi connectivity index (χ1v) is 17.0. The first kappa shape index (κ1) is 33.7. The molecule has 2 amide bonds. The lowest BCUT2D eigenvalue weighted by atomic mass is 10.0. The second kappa shape index (κ2) is 15.7. The van der Waals surface area contributed by atoms with Crippen LogP contribution in [0.4, 0.5) is 5.69 Å². The molecule has 0 heterocycles. The summed E-state index contributed by atoms with van der Waals surface area (Å²) in [6.45, 7) is 5.95. The predicted octanol–water partition coefficient (Wildman–Crippen LogP) is 6.13. The maximum atomic E-state index is 14.5. The van der Waals surface area contributed by atoms with Crippen LogP contribution in [0, 0.1) is 6.92 Å². The monoisotopic (exact) mass is 691 g/mol. The van der Waals surface area contributed by atoms with Gasteiger partial charge in [-0.2, -0.15) is 0 Å². The van der Waals surface area contributed by atoms with Crippen molar-refractivity contribution in [3.8, 4) is 5.75 Å². The quantitative estimate of drug-likeness (QED) is 0.172. The number of halogens is 1. The predicted molar refractivity (Wildman–Crippen MR) is 181 cm³/mol. The lowest BCUT2D eigenvalue weighted by molar-refractivity contribution is -0.140. The van der Waals surface area contributed by atoms with Crippen LogP contribution in [-0.2, 0) is 32.6 Å². The molecule has 0 aromatic heterocycles. The maximum absolute atomic E-state index is 14.5. The molecule has 1 N–H and O–H groups in total. The third-order valence-corrected chi connectivity index (χ3v) is 9.47. The molecule has 8 nitrogen and oxygen atoms in total. The molecule has 0 unspecified atom stereocenters. The molecule has 0 aliphatic rings. The van der Waals surface area contributed by atoms with E-state index in [1.54, 1.807) is 36.4 Å². The lowest BCUT2D eigenvalue weighted by Crippen LogP contribution is -2.53. The molecule has 0 fully saturated rings. The van der Waals surface area contributed by atoms with Gasteiger partial charge in [-0.1, -0.05) is 76.1 Å². The first-order chi connectivity index (χ1) is 21.6. The van der Waals surface area contributed by atoms with Gasteiger partial charge >= 0.3 is 0 Å². The summed E-state index contributed by atoms with van der Waals surface area (Å²) in [5, 5.41) is 2.88. The summed E-state index contributed by atoms with van der Waals surface area (Å²) in [5.41, 5.74) is 2.86. The molecule has 0 radical (unpaired) electrons. The highest BCUT2D eigenvalue weighted by atomic mass is 79.9. The van der Waals surface area contributed by atoms with Crippen molar-refractivity contribution >= 4 is 43.5 Å². The third-order valence-electron chi connectivity index (χ3n) is 7.19. The number of benzene rings is 4. The molecule has 4 aromatic rings. The van der Waals surface area contributed by atoms with E-state index in [2.05, 4.69) is 21.2 Å². The van der Waals surface area contributed by atoms with E-state index in [9.17, 15) is 18.0 Å². The molecule has 0 aliphatic heterocycles. The van der Waals surface area contributed by atoms with Crippen LogP contribution in [0.25, 0.3) is 0 Å². The van der Waals surface area contributed by atoms with Gasteiger partial charge in [0.1, 0.15) is 18.3 Å². The normalized spacial score (nSPS) is 11.8. The Labute approximate surface area is 274 Å². The van der Waals surface area contributed by atoms with Gasteiger partial charge in [0.2, 0.25) is 11.8 Å². The van der Waals surface area contributed by atoms with Crippen LogP contribution < -0.4 is 14.4 Å². The van der Waals surface area contributed by atoms with Gasteiger partial charge in [-0.25, -0.2) is 8.42 Å². The highest BCUT2D eigenvalue weighted by Gasteiger charge is 2.34. The van der Waals surface area contributed by atoms with Crippen LogP contribution in [0.1, 0.15) is 30.5 Å². The first-order valence-electron chi connectivity index (χ1n) is 14.8. The van der Waals surface area contributed by atoms with Crippen molar-refractivity contribution in [1.82, 2.24) is 10.2 Å². The molecule has 0 saturated heterocycles. The molecule has 45 heavy (non-hydrogen) atoms. The Morgan fingerprint density at radius 1 is 0.867 bits per heavy atom. The van der Waals surface area contributed by atoms with E-state index < -0.39 is 28.5 Å². The average molecular weight is 693 g/mol. The van der Waals surface area contributed by atoms with Crippen LogP contribution in [-0.4, -0.2) is 50.9 Å². The van der Waals surface area contributed by atoms with Crippen LogP contribution in [0.2, 0.25) is 0 Å². The Morgan fingerprint density at radius 3 is 2.16 bits per heavy atom. The highest BCUT2D eigenvalue weighted by Crippen LogP contribution is 2.27. The largest absolute Gasteiger partial charge is 0.494 e. The number of amides is 2. The lowest BCUT2D eigenvalue weighted by Gasteiger charge is -2.34. The number of nitrogens with zero attached hydrogens (tertiary/aromatic N) is 2. The summed E-state index contributed by atoms with van der Waals surface area (Å²) in [6.07, 6.45) is 0.250. The summed E-state index contributed by atoms with van der Waals surface area (Å²) in [7, 11) is -4.18. The Balaban J connectivity index is 1.79. The van der Waals surface area contributed by atoms with E-state index in [4.69, 9.17) is 4.74 Å². The maximum Gasteiger partial charge on any atom is 0.264 e. The zero-order valence-electron chi connectivity index (χ0n) is 25.6. The van der Waals surface area contributed by atoms with Gasteiger partial charge in [0, 0.05) is 24.0 Å². The van der Waals surface area contributed by atoms with Gasteiger partial charge in [0.15, 0.2) is 0 Å². The molecule has 4 aromatic carbocycles. The standard InChI is InChI=1S/C35H38BrN3O5S/c1-4-37-35(41)33(23-27-10-7-6-8-11-27)38(24-28-12-9-13-29(36)22-28)34(40)25-39(30-16-18-31(19-17-30)44-5-2)45(42,43)32-20-14-26(3)15-21-32/h6-22,33H,4-5,23-25H2,1-3H3,(H,37,41)/t33-/m0/s1. The number of nitrogens with one attached hydrogen (secondary N) is 1. The molecule has 1 atom stereocenters. The van der Waals surface area contributed by atoms with E-state index in [0.29, 0.717) is 24.6 Å². The second-order valence-electron chi connectivity index (χ2n) is 10.5. The molecule has 0 spiro atoms. The summed E-state index contributed by atoms with van der Waals surface area (Å²) >= 11 is 3.50. The van der Waals surface area contributed by atoms with Crippen molar-refractivity contribution in [2.75, 3.05) is 24.0 Å². The van der Waals surface area contributed by atoms with Gasteiger partial charge in [0.25, 0.3) is 10.0 Å². The Kier molecular flexibility index (Phi) is 11.8. The van der Waals surface area contributed by atoms with Crippen molar-refractivity contribution in [3.05, 3.63) is 124 Å². The number of likely N-dealkylation sites (N-methyl/N-ethyl adjacent to an activating group) is 1. The molecule has 10 heteroatoms. The zero-order valence-corrected chi connectivity index (χ0v) is 28.1. The molecule has 0 aliphatic carbocycles. The Morgan fingerprint density at radius 2 is 1.53 bits per heavy atom. The molecule has 0 bridgehead atoms. The summed E-state index contributed by atoms with van der Waals surface area (Å²) in [6, 6.07) is 29.1. The van der Waals surface area contributed by atoms with Gasteiger partial charge in [-0.05, 0) is 80.4 Å². The molecular formula is C35H38BrN3O5S. The van der Waals surface area contributed by atoms with E-state index in [-0.39, 0.29) is 23.8 Å². The fraction of sp³-hybridized carbons (Fsp3) is 0.257. The van der Waals surface area contributed by atoms with Crippen molar-refractivity contribution in [2.24, 2.45) is 0 Å². The topological polar surface area (TPSA) is 96.0 Å². The fourth-order valence-electron chi connectivity index (χ4n) is 4.92. The minimum Gasteiger partial charge on any atom is -0.494 e. The Hall–Kier alpha value is -4.15. The number of rotatable bonds is 14. The van der Waals surface area contributed by atoms with E-state index in [1.807, 2.05) is 75.4 Å². The molecule has 4 rings (SSSR count). The molecule has 236 valence electrons. The third kappa shape index (κ3) is 8.95. The van der Waals surface area contributed by atoms with Crippen LogP contribution in [0.15, 0.2) is 112 Å². The van der Waals surface area contributed by atoms with Crippen molar-refractivity contribution in [1.29, 1.82) is 0 Å². The smallest absolute Gasteiger partial charge is 0.264 e. The number of sulfonamides is 1. The van der Waals surface area contributed by atoms with E-state index in [1.165, 1.54) is 17.0 Å². The molecule has 0 saturated carbocycles. The minimum absolute atomic E-state index is 0.0536. The summed E-state index contributed by atoms with van der Waals surface area (Å²) in [5.74, 6) is -0.263. The van der Waals surface area contributed by atoms with Crippen LogP contribution >= 0.6 is 15.9 Å².